The van der Waals surface area contributed by atoms with Crippen LogP contribution < -0.4 is 0 Å². The molecule has 0 bridgehead atoms. The van der Waals surface area contributed by atoms with E-state index in [-0.39, 0.29) is 0 Å². The van der Waals surface area contributed by atoms with E-state index in [4.69, 9.17) is 11.6 Å². The van der Waals surface area contributed by atoms with Crippen LogP contribution in [-0.2, 0) is 4.79 Å². The number of rotatable bonds is 1. The average molecular weight is 105 g/mol. The summed E-state index contributed by atoms with van der Waals surface area (Å²) in [6.07, 6.45) is 2.89. The first-order valence-corrected chi connectivity index (χ1v) is 1.97. The van der Waals surface area contributed by atoms with E-state index in [0.717, 1.165) is 0 Å². The summed E-state index contributed by atoms with van der Waals surface area (Å²) in [5.74, 6) is 0. The van der Waals surface area contributed by atoms with Gasteiger partial charge in [0.2, 0.25) is 5.24 Å². The molecular weight excluding hydrogens is 99.5 g/mol. The van der Waals surface area contributed by atoms with Crippen molar-refractivity contribution in [3.63, 3.8) is 0 Å². The van der Waals surface area contributed by atoms with Crippen LogP contribution in [0.3, 0.4) is 0 Å². The molecule has 0 aromatic heterocycles. The summed E-state index contributed by atoms with van der Waals surface area (Å²) in [4.78, 5) is 9.72. The lowest BCUT2D eigenvalue weighted by Crippen LogP contribution is -1.70. The van der Waals surface area contributed by atoms with Crippen LogP contribution in [-0.4, -0.2) is 5.24 Å². The predicted octanol–water partition coefficient (Wildman–Crippen LogP) is 1.33. The van der Waals surface area contributed by atoms with Crippen molar-refractivity contribution in [3.8, 4) is 0 Å². The van der Waals surface area contributed by atoms with Crippen LogP contribution in [0.25, 0.3) is 0 Å². The van der Waals surface area contributed by atoms with E-state index < -0.39 is 5.24 Å². The molecule has 0 aliphatic rings. The van der Waals surface area contributed by atoms with Crippen LogP contribution in [0, 0.1) is 0 Å². The Balaban J connectivity index is 3.30. The summed E-state index contributed by atoms with van der Waals surface area (Å²) in [6.45, 7) is 1.74. The van der Waals surface area contributed by atoms with Gasteiger partial charge in [-0.05, 0) is 24.6 Å². The van der Waals surface area contributed by atoms with Crippen molar-refractivity contribution in [2.45, 2.75) is 6.92 Å². The normalized spacial score (nSPS) is 9.67. The molecule has 0 radical (unpaired) electrons. The molecule has 0 N–H and O–H groups in total. The molecule has 2 heteroatoms. The van der Waals surface area contributed by atoms with Crippen LogP contribution in [0.5, 0.6) is 0 Å². The lowest BCUT2D eigenvalue weighted by molar-refractivity contribution is -0.107. The maximum Gasteiger partial charge on any atom is 0.244 e. The fourth-order valence-corrected chi connectivity index (χ4v) is 0.257. The van der Waals surface area contributed by atoms with E-state index >= 15 is 0 Å². The van der Waals surface area contributed by atoms with Gasteiger partial charge in [0.25, 0.3) is 0 Å². The zero-order valence-electron chi connectivity index (χ0n) is 3.44. The Bertz CT molecular complexity index is 75.6. The summed E-state index contributed by atoms with van der Waals surface area (Å²) in [7, 11) is 0. The summed E-state index contributed by atoms with van der Waals surface area (Å²) in [6, 6.07) is 0. The molecule has 0 spiro atoms. The minimum Gasteiger partial charge on any atom is -0.276 e. The third kappa shape index (κ3) is 3.70. The Morgan fingerprint density at radius 2 is 2.33 bits per heavy atom. The minimum atomic E-state index is -0.419. The Hall–Kier alpha value is -0.300. The fraction of sp³-hybridized carbons (Fsp3) is 0.250. The van der Waals surface area contributed by atoms with E-state index in [0.29, 0.717) is 0 Å². The SMILES string of the molecule is CC=CC(=O)Cl. The van der Waals surface area contributed by atoms with Gasteiger partial charge >= 0.3 is 0 Å². The molecule has 0 atom stereocenters. The molecule has 0 aromatic rings. The van der Waals surface area contributed by atoms with Gasteiger partial charge < -0.3 is 0 Å². The molecule has 0 aliphatic heterocycles. The third-order valence-corrected chi connectivity index (χ3v) is 0.424. The Morgan fingerprint density at radius 3 is 2.33 bits per heavy atom. The predicted molar refractivity (Wildman–Crippen MR) is 25.7 cm³/mol. The zero-order chi connectivity index (χ0) is 4.99. The van der Waals surface area contributed by atoms with Gasteiger partial charge in [0.1, 0.15) is 0 Å². The summed E-state index contributed by atoms with van der Waals surface area (Å²) < 4.78 is 0. The molecule has 0 unspecified atom stereocenters. The van der Waals surface area contributed by atoms with E-state index in [9.17, 15) is 4.79 Å². The minimum absolute atomic E-state index is 0.419. The molecule has 0 saturated carbocycles. The second-order valence-electron chi connectivity index (χ2n) is 0.804. The Labute approximate surface area is 41.6 Å². The van der Waals surface area contributed by atoms with E-state index in [1.807, 2.05) is 0 Å². The van der Waals surface area contributed by atoms with Crippen molar-refractivity contribution in [3.05, 3.63) is 12.2 Å². The number of carbonyl (C=O) groups excluding carboxylic acids is 1. The van der Waals surface area contributed by atoms with Crippen molar-refractivity contribution in [1.29, 1.82) is 0 Å². The lowest BCUT2D eigenvalue weighted by Gasteiger charge is -1.65. The highest BCUT2D eigenvalue weighted by Crippen LogP contribution is 1.78. The van der Waals surface area contributed by atoms with Gasteiger partial charge in [-0.15, -0.1) is 0 Å². The van der Waals surface area contributed by atoms with Crippen LogP contribution in [0.1, 0.15) is 6.92 Å². The van der Waals surface area contributed by atoms with Gasteiger partial charge in [0.15, 0.2) is 0 Å². The second kappa shape index (κ2) is 2.91. The van der Waals surface area contributed by atoms with Crippen molar-refractivity contribution in [2.24, 2.45) is 0 Å². The van der Waals surface area contributed by atoms with Gasteiger partial charge in [-0.25, -0.2) is 0 Å². The monoisotopic (exact) mass is 104 g/mol. The lowest BCUT2D eigenvalue weighted by atomic mass is 10.6. The molecule has 34 valence electrons. The molecule has 0 saturated heterocycles. The van der Waals surface area contributed by atoms with Gasteiger partial charge in [0, 0.05) is 0 Å². The molecule has 1 nitrogen and oxygen atoms in total. The second-order valence-corrected chi connectivity index (χ2v) is 1.18. The molecule has 0 aromatic carbocycles. The summed E-state index contributed by atoms with van der Waals surface area (Å²) in [5, 5.41) is -0.419. The van der Waals surface area contributed by atoms with Gasteiger partial charge in [-0.2, -0.15) is 0 Å². The van der Waals surface area contributed by atoms with E-state index in [1.54, 1.807) is 13.0 Å². The number of allylic oxidation sites excluding steroid dienone is 2. The molecular formula is C4H5ClO. The highest BCUT2D eigenvalue weighted by molar-refractivity contribution is 6.66. The average Bonchev–Trinajstić information content (AvgIpc) is 1.35. The maximum atomic E-state index is 9.72. The smallest absolute Gasteiger partial charge is 0.244 e. The first kappa shape index (κ1) is 5.70. The first-order valence-electron chi connectivity index (χ1n) is 1.59. The van der Waals surface area contributed by atoms with Crippen LogP contribution in [0.15, 0.2) is 12.2 Å². The van der Waals surface area contributed by atoms with E-state index in [1.165, 1.54) is 6.08 Å². The third-order valence-electron chi connectivity index (χ3n) is 0.298. The molecule has 0 fully saturated rings. The van der Waals surface area contributed by atoms with Gasteiger partial charge in [0.05, 0.1) is 0 Å². The topological polar surface area (TPSA) is 17.1 Å². The van der Waals surface area contributed by atoms with Crippen molar-refractivity contribution >= 4 is 16.8 Å². The number of halogens is 1. The highest BCUT2D eigenvalue weighted by Gasteiger charge is 1.77. The highest BCUT2D eigenvalue weighted by atomic mass is 35.5. The molecule has 6 heavy (non-hydrogen) atoms. The summed E-state index contributed by atoms with van der Waals surface area (Å²) in [5.41, 5.74) is 0. The molecule has 0 aliphatic carbocycles. The van der Waals surface area contributed by atoms with Crippen molar-refractivity contribution in [1.82, 2.24) is 0 Å². The van der Waals surface area contributed by atoms with E-state index in [2.05, 4.69) is 0 Å². The molecule has 0 rings (SSSR count). The number of hydrogen-bond acceptors (Lipinski definition) is 1. The van der Waals surface area contributed by atoms with Gasteiger partial charge in [-0.3, -0.25) is 4.79 Å². The standard InChI is InChI=1S/C4H5ClO/c1-2-3-4(5)6/h2-3H,1H3. The molecule has 0 heterocycles. The van der Waals surface area contributed by atoms with Crippen LogP contribution in [0.2, 0.25) is 0 Å². The largest absolute Gasteiger partial charge is 0.276 e. The molecule has 0 amide bonds. The van der Waals surface area contributed by atoms with Crippen molar-refractivity contribution < 1.29 is 4.79 Å². The fourth-order valence-electron chi connectivity index (χ4n) is 0.131. The van der Waals surface area contributed by atoms with Gasteiger partial charge in [-0.1, -0.05) is 6.08 Å². The number of hydrogen-bond donors (Lipinski definition) is 0. The summed E-state index contributed by atoms with van der Waals surface area (Å²) >= 11 is 4.85. The number of carbonyl (C=O) groups is 1. The van der Waals surface area contributed by atoms with Crippen LogP contribution >= 0.6 is 11.6 Å². The first-order chi connectivity index (χ1) is 2.77. The Morgan fingerprint density at radius 1 is 1.83 bits per heavy atom. The van der Waals surface area contributed by atoms with Crippen molar-refractivity contribution in [2.75, 3.05) is 0 Å². The Kier molecular flexibility index (Phi) is 2.77. The van der Waals surface area contributed by atoms with Crippen LogP contribution in [0.4, 0.5) is 0 Å². The quantitative estimate of drug-likeness (QED) is 0.362. The maximum absolute atomic E-state index is 9.72. The zero-order valence-corrected chi connectivity index (χ0v) is 4.20.